The fourth-order valence-electron chi connectivity index (χ4n) is 2.13. The van der Waals surface area contributed by atoms with E-state index in [0.29, 0.717) is 23.6 Å². The smallest absolute Gasteiger partial charge is 0.239 e. The fraction of sp³-hybridized carbons (Fsp3) is 0.643. The van der Waals surface area contributed by atoms with Gasteiger partial charge >= 0.3 is 0 Å². The summed E-state index contributed by atoms with van der Waals surface area (Å²) < 4.78 is 5.52. The molecule has 1 aromatic rings. The number of anilines is 2. The van der Waals surface area contributed by atoms with Gasteiger partial charge in [0, 0.05) is 6.54 Å². The van der Waals surface area contributed by atoms with Crippen LogP contribution in [0.25, 0.3) is 0 Å². The van der Waals surface area contributed by atoms with Crippen LogP contribution >= 0.6 is 0 Å². The number of nitrogen functional groups attached to an aromatic ring is 1. The third kappa shape index (κ3) is 3.06. The molecule has 0 atom stereocenters. The summed E-state index contributed by atoms with van der Waals surface area (Å²) in [6, 6.07) is 3.76. The second-order valence-electron chi connectivity index (χ2n) is 5.46. The van der Waals surface area contributed by atoms with E-state index in [0.717, 1.165) is 18.8 Å². The molecule has 1 fully saturated rings. The highest BCUT2D eigenvalue weighted by Crippen LogP contribution is 2.40. The number of aromatic nitrogens is 1. The molecule has 1 aliphatic rings. The molecule has 100 valence electrons. The van der Waals surface area contributed by atoms with Crippen LogP contribution in [0, 0.1) is 5.41 Å². The molecule has 3 N–H and O–H groups in total. The van der Waals surface area contributed by atoms with Gasteiger partial charge in [-0.05, 0) is 36.8 Å². The molecule has 0 saturated heterocycles. The Bertz CT molecular complexity index is 402. The van der Waals surface area contributed by atoms with Crippen LogP contribution in [-0.2, 0) is 0 Å². The third-order valence-corrected chi connectivity index (χ3v) is 3.59. The van der Waals surface area contributed by atoms with Crippen LogP contribution in [0.5, 0.6) is 5.88 Å². The Morgan fingerprint density at radius 2 is 2.22 bits per heavy atom. The normalized spacial score (nSPS) is 17.0. The lowest BCUT2D eigenvalue weighted by Crippen LogP contribution is -2.33. The molecule has 0 aliphatic heterocycles. The summed E-state index contributed by atoms with van der Waals surface area (Å²) in [6.07, 6.45) is 4.90. The van der Waals surface area contributed by atoms with E-state index in [2.05, 4.69) is 24.1 Å². The fourth-order valence-corrected chi connectivity index (χ4v) is 2.13. The van der Waals surface area contributed by atoms with Gasteiger partial charge in [-0.3, -0.25) is 0 Å². The number of nitrogens with zero attached hydrogens (tertiary/aromatic N) is 1. The summed E-state index contributed by atoms with van der Waals surface area (Å²) in [5, 5.41) is 3.38. The summed E-state index contributed by atoms with van der Waals surface area (Å²) in [6.45, 7) is 6.00. The van der Waals surface area contributed by atoms with Crippen LogP contribution in [0.4, 0.5) is 11.5 Å². The first-order valence-electron chi connectivity index (χ1n) is 6.76. The van der Waals surface area contributed by atoms with Gasteiger partial charge < -0.3 is 15.8 Å². The Hall–Kier alpha value is -1.45. The molecule has 1 aliphatic carbocycles. The number of nitrogens with two attached hydrogens (primary N) is 1. The molecular weight excluding hydrogens is 226 g/mol. The number of pyridine rings is 1. The summed E-state index contributed by atoms with van der Waals surface area (Å²) in [5.41, 5.74) is 6.87. The van der Waals surface area contributed by atoms with Crippen molar-refractivity contribution in [2.24, 2.45) is 5.41 Å². The molecule has 0 radical (unpaired) electrons. The SMILES string of the molecule is CCCOc1nc(NCC2(C)CCC2)ccc1N. The number of hydrogen-bond donors (Lipinski definition) is 2. The van der Waals surface area contributed by atoms with Crippen molar-refractivity contribution in [3.05, 3.63) is 12.1 Å². The van der Waals surface area contributed by atoms with Gasteiger partial charge in [0.25, 0.3) is 0 Å². The predicted octanol–water partition coefficient (Wildman–Crippen LogP) is 3.05. The zero-order chi connectivity index (χ0) is 13.0. The lowest BCUT2D eigenvalue weighted by Gasteiger charge is -2.38. The van der Waals surface area contributed by atoms with Gasteiger partial charge in [0.1, 0.15) is 5.82 Å². The molecular formula is C14H23N3O. The molecule has 1 aromatic heterocycles. The minimum absolute atomic E-state index is 0.438. The Morgan fingerprint density at radius 3 is 2.83 bits per heavy atom. The number of hydrogen-bond acceptors (Lipinski definition) is 4. The standard InChI is InChI=1S/C14H23N3O/c1-3-9-18-13-11(15)5-6-12(17-13)16-10-14(2)7-4-8-14/h5-6H,3-4,7-10,15H2,1-2H3,(H,16,17). The van der Waals surface area contributed by atoms with Gasteiger partial charge in [-0.1, -0.05) is 20.3 Å². The Labute approximate surface area is 109 Å². The molecule has 0 aromatic carbocycles. The van der Waals surface area contributed by atoms with Crippen LogP contribution in [0.1, 0.15) is 39.5 Å². The van der Waals surface area contributed by atoms with Crippen LogP contribution in [0.2, 0.25) is 0 Å². The second kappa shape index (κ2) is 5.46. The molecule has 0 amide bonds. The van der Waals surface area contributed by atoms with E-state index in [9.17, 15) is 0 Å². The Kier molecular flexibility index (Phi) is 3.94. The van der Waals surface area contributed by atoms with Crippen molar-refractivity contribution in [1.82, 2.24) is 4.98 Å². The molecule has 1 heterocycles. The zero-order valence-electron chi connectivity index (χ0n) is 11.3. The first kappa shape index (κ1) is 13.0. The monoisotopic (exact) mass is 249 g/mol. The van der Waals surface area contributed by atoms with Crippen molar-refractivity contribution in [3.8, 4) is 5.88 Å². The number of ether oxygens (including phenoxy) is 1. The van der Waals surface area contributed by atoms with Crippen LogP contribution in [-0.4, -0.2) is 18.1 Å². The van der Waals surface area contributed by atoms with Crippen molar-refractivity contribution >= 4 is 11.5 Å². The van der Waals surface area contributed by atoms with E-state index in [-0.39, 0.29) is 0 Å². The number of rotatable bonds is 6. The molecule has 0 unspecified atom stereocenters. The molecule has 18 heavy (non-hydrogen) atoms. The van der Waals surface area contributed by atoms with Crippen molar-refractivity contribution in [2.45, 2.75) is 39.5 Å². The highest BCUT2D eigenvalue weighted by molar-refractivity contribution is 5.53. The van der Waals surface area contributed by atoms with Gasteiger partial charge in [-0.25, -0.2) is 0 Å². The van der Waals surface area contributed by atoms with Crippen LogP contribution < -0.4 is 15.8 Å². The molecule has 4 nitrogen and oxygen atoms in total. The average molecular weight is 249 g/mol. The highest BCUT2D eigenvalue weighted by Gasteiger charge is 2.31. The van der Waals surface area contributed by atoms with Gasteiger partial charge in [-0.15, -0.1) is 0 Å². The maximum absolute atomic E-state index is 5.83. The van der Waals surface area contributed by atoms with E-state index >= 15 is 0 Å². The number of nitrogens with one attached hydrogen (secondary N) is 1. The predicted molar refractivity (Wildman–Crippen MR) is 74.9 cm³/mol. The summed E-state index contributed by atoms with van der Waals surface area (Å²) in [4.78, 5) is 4.41. The first-order valence-corrected chi connectivity index (χ1v) is 6.76. The maximum Gasteiger partial charge on any atom is 0.239 e. The van der Waals surface area contributed by atoms with E-state index in [1.165, 1.54) is 19.3 Å². The van der Waals surface area contributed by atoms with Crippen molar-refractivity contribution in [2.75, 3.05) is 24.2 Å². The summed E-state index contributed by atoms with van der Waals surface area (Å²) in [5.74, 6) is 1.39. The van der Waals surface area contributed by atoms with Crippen molar-refractivity contribution < 1.29 is 4.74 Å². The largest absolute Gasteiger partial charge is 0.476 e. The van der Waals surface area contributed by atoms with E-state index in [1.807, 2.05) is 12.1 Å². The molecule has 0 bridgehead atoms. The third-order valence-electron chi connectivity index (χ3n) is 3.59. The molecule has 2 rings (SSSR count). The van der Waals surface area contributed by atoms with Gasteiger partial charge in [0.2, 0.25) is 5.88 Å². The molecule has 0 spiro atoms. The Morgan fingerprint density at radius 1 is 1.44 bits per heavy atom. The van der Waals surface area contributed by atoms with Crippen LogP contribution in [0.15, 0.2) is 12.1 Å². The van der Waals surface area contributed by atoms with Crippen LogP contribution in [0.3, 0.4) is 0 Å². The average Bonchev–Trinajstić information content (AvgIpc) is 2.34. The quantitative estimate of drug-likeness (QED) is 0.813. The minimum Gasteiger partial charge on any atom is -0.476 e. The van der Waals surface area contributed by atoms with Gasteiger partial charge in [0.15, 0.2) is 0 Å². The van der Waals surface area contributed by atoms with E-state index < -0.39 is 0 Å². The topological polar surface area (TPSA) is 60.2 Å². The second-order valence-corrected chi connectivity index (χ2v) is 5.46. The van der Waals surface area contributed by atoms with Crippen molar-refractivity contribution in [1.29, 1.82) is 0 Å². The summed E-state index contributed by atoms with van der Waals surface area (Å²) >= 11 is 0. The summed E-state index contributed by atoms with van der Waals surface area (Å²) in [7, 11) is 0. The van der Waals surface area contributed by atoms with E-state index in [4.69, 9.17) is 10.5 Å². The molecule has 4 heteroatoms. The lowest BCUT2D eigenvalue weighted by molar-refractivity contribution is 0.179. The lowest BCUT2D eigenvalue weighted by atomic mass is 9.70. The first-order chi connectivity index (χ1) is 8.63. The van der Waals surface area contributed by atoms with Gasteiger partial charge in [0.05, 0.1) is 12.3 Å². The maximum atomic E-state index is 5.83. The zero-order valence-corrected chi connectivity index (χ0v) is 11.3. The van der Waals surface area contributed by atoms with Crippen molar-refractivity contribution in [3.63, 3.8) is 0 Å². The van der Waals surface area contributed by atoms with E-state index in [1.54, 1.807) is 0 Å². The molecule has 1 saturated carbocycles. The minimum atomic E-state index is 0.438. The highest BCUT2D eigenvalue weighted by atomic mass is 16.5. The Balaban J connectivity index is 1.95. The van der Waals surface area contributed by atoms with Gasteiger partial charge in [-0.2, -0.15) is 4.98 Å².